The van der Waals surface area contributed by atoms with Gasteiger partial charge in [0.05, 0.1) is 6.42 Å². The molecule has 3 N–H and O–H groups in total. The Labute approximate surface area is 69.0 Å². The summed E-state index contributed by atoms with van der Waals surface area (Å²) in [4.78, 5) is 20.5. The lowest BCUT2D eigenvalue weighted by atomic mass is 10.2. The fourth-order valence-electron chi connectivity index (χ4n) is 0.706. The largest absolute Gasteiger partial charge is 0.481 e. The number of hydroxylamine groups is 2. The molecule has 0 amide bonds. The summed E-state index contributed by atoms with van der Waals surface area (Å²) in [6.07, 6.45) is -0.611. The zero-order valence-corrected chi connectivity index (χ0v) is 6.60. The lowest BCUT2D eigenvalue weighted by molar-refractivity contribution is -0.174. The highest BCUT2D eigenvalue weighted by Gasteiger charge is 2.25. The van der Waals surface area contributed by atoms with Gasteiger partial charge >= 0.3 is 11.9 Å². The summed E-state index contributed by atoms with van der Waals surface area (Å²) in [6, 6.07) is -1.37. The van der Waals surface area contributed by atoms with Crippen molar-refractivity contribution in [3.8, 4) is 0 Å². The molecule has 12 heavy (non-hydrogen) atoms. The summed E-state index contributed by atoms with van der Waals surface area (Å²) in [5.74, 6) is -2.60. The molecule has 0 spiro atoms. The lowest BCUT2D eigenvalue weighted by Crippen LogP contribution is -2.40. The van der Waals surface area contributed by atoms with Gasteiger partial charge in [-0.2, -0.15) is 5.06 Å². The maximum atomic E-state index is 10.4. The lowest BCUT2D eigenvalue weighted by Gasteiger charge is -2.18. The highest BCUT2D eigenvalue weighted by molar-refractivity contribution is 5.80. The van der Waals surface area contributed by atoms with Crippen molar-refractivity contribution in [1.82, 2.24) is 5.06 Å². The molecule has 6 nitrogen and oxygen atoms in total. The van der Waals surface area contributed by atoms with E-state index in [1.54, 1.807) is 0 Å². The molecule has 0 aromatic rings. The molecular formula is C6H11NO5. The maximum Gasteiger partial charge on any atom is 0.323 e. The van der Waals surface area contributed by atoms with Crippen molar-refractivity contribution >= 4 is 11.9 Å². The van der Waals surface area contributed by atoms with Gasteiger partial charge in [-0.15, -0.1) is 0 Å². The van der Waals surface area contributed by atoms with Crippen molar-refractivity contribution in [3.63, 3.8) is 0 Å². The molecule has 70 valence electrons. The van der Waals surface area contributed by atoms with Crippen LogP contribution in [0.4, 0.5) is 0 Å². The molecule has 0 heterocycles. The minimum Gasteiger partial charge on any atom is -0.481 e. The highest BCUT2D eigenvalue weighted by atomic mass is 16.5. The summed E-state index contributed by atoms with van der Waals surface area (Å²) >= 11 is 0. The average molecular weight is 177 g/mol. The Morgan fingerprint density at radius 2 is 1.92 bits per heavy atom. The Bertz CT molecular complexity index is 181. The van der Waals surface area contributed by atoms with Crippen LogP contribution >= 0.6 is 0 Å². The first-order valence-corrected chi connectivity index (χ1v) is 3.39. The van der Waals surface area contributed by atoms with E-state index in [1.807, 2.05) is 0 Å². The minimum atomic E-state index is -1.37. The second-order valence-corrected chi connectivity index (χ2v) is 2.21. The third-order valence-electron chi connectivity index (χ3n) is 1.34. The van der Waals surface area contributed by atoms with Gasteiger partial charge in [-0.05, 0) is 0 Å². The van der Waals surface area contributed by atoms with Gasteiger partial charge in [0.1, 0.15) is 6.04 Å². The molecule has 6 heteroatoms. The quantitative estimate of drug-likeness (QED) is 0.495. The van der Waals surface area contributed by atoms with Crippen LogP contribution in [-0.4, -0.2) is 45.0 Å². The summed E-state index contributed by atoms with van der Waals surface area (Å²) < 4.78 is 0. The van der Waals surface area contributed by atoms with Crippen LogP contribution in [0.15, 0.2) is 0 Å². The number of hydrogen-bond donors (Lipinski definition) is 3. The van der Waals surface area contributed by atoms with Crippen molar-refractivity contribution in [2.24, 2.45) is 0 Å². The van der Waals surface area contributed by atoms with Crippen LogP contribution in [0.5, 0.6) is 0 Å². The average Bonchev–Trinajstić information content (AvgIpc) is 1.98. The molecule has 0 aliphatic carbocycles. The van der Waals surface area contributed by atoms with Gasteiger partial charge in [-0.3, -0.25) is 9.59 Å². The molecule has 0 fully saturated rings. The number of hydrogen-bond acceptors (Lipinski definition) is 4. The second kappa shape index (κ2) is 4.68. The molecule has 0 radical (unpaired) electrons. The molecule has 0 rings (SSSR count). The number of nitrogens with zero attached hydrogens (tertiary/aromatic N) is 1. The third kappa shape index (κ3) is 3.31. The molecule has 0 unspecified atom stereocenters. The highest BCUT2D eigenvalue weighted by Crippen LogP contribution is 2.01. The van der Waals surface area contributed by atoms with Crippen molar-refractivity contribution in [3.05, 3.63) is 0 Å². The molecule has 1 atom stereocenters. The van der Waals surface area contributed by atoms with Gasteiger partial charge in [-0.1, -0.05) is 6.92 Å². The second-order valence-electron chi connectivity index (χ2n) is 2.21. The molecule has 0 aliphatic heterocycles. The molecule has 0 saturated carbocycles. The standard InChI is InChI=1S/C6H11NO5/c1-2-7(12)4(6(10)11)3-5(8)9/h4,12H,2-3H2,1H3,(H,8,9)(H,10,11)/t4-/m0/s1. The van der Waals surface area contributed by atoms with E-state index >= 15 is 0 Å². The van der Waals surface area contributed by atoms with Crippen LogP contribution in [0.25, 0.3) is 0 Å². The molecule has 0 bridgehead atoms. The van der Waals surface area contributed by atoms with E-state index in [9.17, 15) is 9.59 Å². The smallest absolute Gasteiger partial charge is 0.323 e. The number of carbonyl (C=O) groups is 2. The molecular weight excluding hydrogens is 166 g/mol. The van der Waals surface area contributed by atoms with Gasteiger partial charge in [0, 0.05) is 6.54 Å². The van der Waals surface area contributed by atoms with E-state index in [4.69, 9.17) is 15.4 Å². The fourth-order valence-corrected chi connectivity index (χ4v) is 0.706. The number of carboxylic acid groups (broad SMARTS) is 2. The predicted octanol–water partition coefficient (Wildman–Crippen LogP) is -0.375. The summed E-state index contributed by atoms with van der Waals surface area (Å²) in [5, 5.41) is 26.1. The van der Waals surface area contributed by atoms with Crippen LogP contribution < -0.4 is 0 Å². The van der Waals surface area contributed by atoms with E-state index in [1.165, 1.54) is 6.92 Å². The van der Waals surface area contributed by atoms with E-state index < -0.39 is 24.4 Å². The number of aliphatic carboxylic acids is 2. The third-order valence-corrected chi connectivity index (χ3v) is 1.34. The molecule has 0 aromatic carbocycles. The normalized spacial score (nSPS) is 12.9. The summed E-state index contributed by atoms with van der Waals surface area (Å²) in [7, 11) is 0. The summed E-state index contributed by atoms with van der Waals surface area (Å²) in [6.45, 7) is 1.60. The SMILES string of the molecule is CCN(O)[C@@H](CC(=O)O)C(=O)O. The Morgan fingerprint density at radius 1 is 1.42 bits per heavy atom. The Kier molecular flexibility index (Phi) is 4.24. The minimum absolute atomic E-state index is 0.0737. The van der Waals surface area contributed by atoms with E-state index in [2.05, 4.69) is 0 Å². The first-order chi connectivity index (χ1) is 5.49. The van der Waals surface area contributed by atoms with Crippen LogP contribution in [0, 0.1) is 0 Å². The van der Waals surface area contributed by atoms with Crippen molar-refractivity contribution < 1.29 is 25.0 Å². The van der Waals surface area contributed by atoms with E-state index in [-0.39, 0.29) is 6.54 Å². The summed E-state index contributed by atoms with van der Waals surface area (Å²) in [5.41, 5.74) is 0. The number of rotatable bonds is 5. The fraction of sp³-hybridized carbons (Fsp3) is 0.667. The van der Waals surface area contributed by atoms with Gasteiger partial charge in [-0.25, -0.2) is 0 Å². The van der Waals surface area contributed by atoms with Crippen LogP contribution in [0.3, 0.4) is 0 Å². The molecule has 0 aliphatic rings. The first-order valence-electron chi connectivity index (χ1n) is 3.39. The van der Waals surface area contributed by atoms with Gasteiger partial charge in [0.2, 0.25) is 0 Å². The number of likely N-dealkylation sites (N-methyl/N-ethyl adjacent to an activating group) is 1. The van der Waals surface area contributed by atoms with Crippen molar-refractivity contribution in [1.29, 1.82) is 0 Å². The Morgan fingerprint density at radius 3 is 2.17 bits per heavy atom. The van der Waals surface area contributed by atoms with Gasteiger partial charge in [0.15, 0.2) is 0 Å². The van der Waals surface area contributed by atoms with Crippen molar-refractivity contribution in [2.45, 2.75) is 19.4 Å². The van der Waals surface area contributed by atoms with Crippen LogP contribution in [0.2, 0.25) is 0 Å². The predicted molar refractivity (Wildman–Crippen MR) is 37.8 cm³/mol. The van der Waals surface area contributed by atoms with Crippen LogP contribution in [-0.2, 0) is 9.59 Å². The van der Waals surface area contributed by atoms with Crippen molar-refractivity contribution in [2.75, 3.05) is 6.54 Å². The Hall–Kier alpha value is -1.14. The molecule has 0 aromatic heterocycles. The topological polar surface area (TPSA) is 98.1 Å². The van der Waals surface area contributed by atoms with Crippen LogP contribution in [0.1, 0.15) is 13.3 Å². The number of carboxylic acids is 2. The van der Waals surface area contributed by atoms with E-state index in [0.29, 0.717) is 5.06 Å². The maximum absolute atomic E-state index is 10.4. The first kappa shape index (κ1) is 10.9. The molecule has 0 saturated heterocycles. The van der Waals surface area contributed by atoms with Gasteiger partial charge < -0.3 is 15.4 Å². The monoisotopic (exact) mass is 177 g/mol. The zero-order chi connectivity index (χ0) is 9.72. The Balaban J connectivity index is 4.22. The van der Waals surface area contributed by atoms with Gasteiger partial charge in [0.25, 0.3) is 0 Å². The zero-order valence-electron chi connectivity index (χ0n) is 6.60. The van der Waals surface area contributed by atoms with E-state index in [0.717, 1.165) is 0 Å².